The number of methoxy groups -OCH3 is 1. The second kappa shape index (κ2) is 6.23. The number of ether oxygens (including phenoxy) is 1. The van der Waals surface area contributed by atoms with Gasteiger partial charge < -0.3 is 15.0 Å². The third kappa shape index (κ3) is 3.38. The number of anilines is 2. The van der Waals surface area contributed by atoms with Crippen LogP contribution in [0.1, 0.15) is 11.3 Å². The molecule has 0 aliphatic carbocycles. The van der Waals surface area contributed by atoms with Gasteiger partial charge in [0, 0.05) is 38.0 Å². The molecular formula is C15H20N4O. The van der Waals surface area contributed by atoms with Gasteiger partial charge >= 0.3 is 0 Å². The molecule has 0 amide bonds. The van der Waals surface area contributed by atoms with Gasteiger partial charge in [0.25, 0.3) is 0 Å². The molecule has 5 heteroatoms. The minimum Gasteiger partial charge on any atom is -0.496 e. The molecule has 1 aromatic carbocycles. The van der Waals surface area contributed by atoms with Gasteiger partial charge in [0.05, 0.1) is 7.11 Å². The number of aromatic nitrogens is 2. The van der Waals surface area contributed by atoms with Crippen molar-refractivity contribution < 1.29 is 4.74 Å². The van der Waals surface area contributed by atoms with Crippen LogP contribution in [-0.2, 0) is 6.54 Å². The van der Waals surface area contributed by atoms with Crippen molar-refractivity contribution in [3.05, 3.63) is 41.6 Å². The molecule has 0 saturated heterocycles. The first-order valence-corrected chi connectivity index (χ1v) is 6.49. The van der Waals surface area contributed by atoms with E-state index < -0.39 is 0 Å². The highest BCUT2D eigenvalue weighted by Gasteiger charge is 2.05. The molecule has 0 spiro atoms. The van der Waals surface area contributed by atoms with E-state index in [-0.39, 0.29) is 0 Å². The fourth-order valence-corrected chi connectivity index (χ4v) is 1.88. The number of nitrogens with one attached hydrogen (secondary N) is 1. The standard InChI is InChI=1S/C15H20N4O/c1-11-9-14(19(2)3)18-15(17-11)16-10-12-7-5-6-8-13(12)20-4/h5-9H,10H2,1-4H3,(H,16,17,18). The molecule has 2 rings (SSSR count). The maximum atomic E-state index is 5.33. The third-order valence-corrected chi connectivity index (χ3v) is 2.93. The predicted molar refractivity (Wildman–Crippen MR) is 81.4 cm³/mol. The molecule has 106 valence electrons. The first kappa shape index (κ1) is 14.1. The molecule has 0 atom stereocenters. The Hall–Kier alpha value is -2.30. The molecule has 0 radical (unpaired) electrons. The molecule has 1 aromatic heterocycles. The molecular weight excluding hydrogens is 252 g/mol. The number of rotatable bonds is 5. The molecule has 0 fully saturated rings. The fraction of sp³-hybridized carbons (Fsp3) is 0.333. The van der Waals surface area contributed by atoms with Gasteiger partial charge in [-0.25, -0.2) is 4.98 Å². The predicted octanol–water partition coefficient (Wildman–Crippen LogP) is 2.47. The molecule has 1 N–H and O–H groups in total. The first-order chi connectivity index (χ1) is 9.60. The van der Waals surface area contributed by atoms with Crippen molar-refractivity contribution in [2.24, 2.45) is 0 Å². The molecule has 2 aromatic rings. The first-order valence-electron chi connectivity index (χ1n) is 6.49. The number of aryl methyl sites for hydroxylation is 1. The largest absolute Gasteiger partial charge is 0.496 e. The molecule has 0 bridgehead atoms. The summed E-state index contributed by atoms with van der Waals surface area (Å²) in [6.07, 6.45) is 0. The van der Waals surface area contributed by atoms with Crippen molar-refractivity contribution in [3.8, 4) is 5.75 Å². The minimum absolute atomic E-state index is 0.625. The van der Waals surface area contributed by atoms with Crippen molar-refractivity contribution >= 4 is 11.8 Å². The zero-order valence-corrected chi connectivity index (χ0v) is 12.3. The highest BCUT2D eigenvalue weighted by Crippen LogP contribution is 2.19. The van der Waals surface area contributed by atoms with E-state index in [1.807, 2.05) is 56.3 Å². The van der Waals surface area contributed by atoms with Crippen LogP contribution in [0.3, 0.4) is 0 Å². The molecule has 0 aliphatic heterocycles. The van der Waals surface area contributed by atoms with Gasteiger partial charge in [0.2, 0.25) is 5.95 Å². The smallest absolute Gasteiger partial charge is 0.225 e. The number of nitrogens with zero attached hydrogens (tertiary/aromatic N) is 3. The zero-order valence-electron chi connectivity index (χ0n) is 12.3. The van der Waals surface area contributed by atoms with E-state index in [4.69, 9.17) is 4.74 Å². The minimum atomic E-state index is 0.625. The Morgan fingerprint density at radius 2 is 1.95 bits per heavy atom. The topological polar surface area (TPSA) is 50.3 Å². The summed E-state index contributed by atoms with van der Waals surface area (Å²) in [6.45, 7) is 2.59. The second-order valence-corrected chi connectivity index (χ2v) is 4.75. The van der Waals surface area contributed by atoms with Gasteiger partial charge in [-0.3, -0.25) is 0 Å². The highest BCUT2D eigenvalue weighted by molar-refractivity contribution is 5.44. The Bertz CT molecular complexity index is 584. The third-order valence-electron chi connectivity index (χ3n) is 2.93. The second-order valence-electron chi connectivity index (χ2n) is 4.75. The Balaban J connectivity index is 2.14. The van der Waals surface area contributed by atoms with Gasteiger partial charge in [0.1, 0.15) is 11.6 Å². The van der Waals surface area contributed by atoms with E-state index in [2.05, 4.69) is 15.3 Å². The number of para-hydroxylation sites is 1. The van der Waals surface area contributed by atoms with Gasteiger partial charge in [-0.2, -0.15) is 4.98 Å². The summed E-state index contributed by atoms with van der Waals surface area (Å²) in [5, 5.41) is 3.24. The lowest BCUT2D eigenvalue weighted by molar-refractivity contribution is 0.410. The highest BCUT2D eigenvalue weighted by atomic mass is 16.5. The van der Waals surface area contributed by atoms with Crippen molar-refractivity contribution in [1.82, 2.24) is 9.97 Å². The Kier molecular flexibility index (Phi) is 4.40. The lowest BCUT2D eigenvalue weighted by Gasteiger charge is -2.14. The lowest BCUT2D eigenvalue weighted by Crippen LogP contribution is -2.13. The average molecular weight is 272 g/mol. The number of hydrogen-bond acceptors (Lipinski definition) is 5. The van der Waals surface area contributed by atoms with Crippen LogP contribution in [0.5, 0.6) is 5.75 Å². The molecule has 5 nitrogen and oxygen atoms in total. The van der Waals surface area contributed by atoms with Crippen LogP contribution in [0.15, 0.2) is 30.3 Å². The zero-order chi connectivity index (χ0) is 14.5. The van der Waals surface area contributed by atoms with E-state index in [9.17, 15) is 0 Å². The molecule has 0 aliphatic rings. The summed E-state index contributed by atoms with van der Waals surface area (Å²) in [6, 6.07) is 9.86. The maximum absolute atomic E-state index is 5.33. The van der Waals surface area contributed by atoms with Gasteiger partial charge in [-0.15, -0.1) is 0 Å². The Labute approximate surface area is 119 Å². The van der Waals surface area contributed by atoms with E-state index in [0.717, 1.165) is 22.8 Å². The van der Waals surface area contributed by atoms with Crippen molar-refractivity contribution in [2.75, 3.05) is 31.4 Å². The SMILES string of the molecule is COc1ccccc1CNc1nc(C)cc(N(C)C)n1. The van der Waals surface area contributed by atoms with Crippen LogP contribution in [0.25, 0.3) is 0 Å². The molecule has 20 heavy (non-hydrogen) atoms. The van der Waals surface area contributed by atoms with E-state index >= 15 is 0 Å². The van der Waals surface area contributed by atoms with E-state index in [0.29, 0.717) is 12.5 Å². The summed E-state index contributed by atoms with van der Waals surface area (Å²) in [4.78, 5) is 10.8. The van der Waals surface area contributed by atoms with Crippen LogP contribution in [0.4, 0.5) is 11.8 Å². The summed E-state index contributed by atoms with van der Waals surface area (Å²) < 4.78 is 5.33. The Morgan fingerprint density at radius 1 is 1.20 bits per heavy atom. The Morgan fingerprint density at radius 3 is 2.65 bits per heavy atom. The maximum Gasteiger partial charge on any atom is 0.225 e. The molecule has 1 heterocycles. The number of benzene rings is 1. The van der Waals surface area contributed by atoms with Crippen LogP contribution < -0.4 is 15.0 Å². The van der Waals surface area contributed by atoms with E-state index in [1.54, 1.807) is 7.11 Å². The fourth-order valence-electron chi connectivity index (χ4n) is 1.88. The molecule has 0 unspecified atom stereocenters. The van der Waals surface area contributed by atoms with Crippen molar-refractivity contribution in [1.29, 1.82) is 0 Å². The number of hydrogen-bond donors (Lipinski definition) is 1. The van der Waals surface area contributed by atoms with E-state index in [1.165, 1.54) is 0 Å². The van der Waals surface area contributed by atoms with Crippen molar-refractivity contribution in [3.63, 3.8) is 0 Å². The lowest BCUT2D eigenvalue weighted by atomic mass is 10.2. The monoisotopic (exact) mass is 272 g/mol. The van der Waals surface area contributed by atoms with Crippen LogP contribution >= 0.6 is 0 Å². The van der Waals surface area contributed by atoms with Crippen LogP contribution in [0, 0.1) is 6.92 Å². The molecule has 0 saturated carbocycles. The summed E-state index contributed by atoms with van der Waals surface area (Å²) >= 11 is 0. The summed E-state index contributed by atoms with van der Waals surface area (Å²) in [7, 11) is 5.60. The van der Waals surface area contributed by atoms with Crippen molar-refractivity contribution in [2.45, 2.75) is 13.5 Å². The normalized spacial score (nSPS) is 10.2. The quantitative estimate of drug-likeness (QED) is 0.906. The summed E-state index contributed by atoms with van der Waals surface area (Å²) in [5.74, 6) is 2.38. The average Bonchev–Trinajstić information content (AvgIpc) is 2.44. The van der Waals surface area contributed by atoms with Gasteiger partial charge in [-0.05, 0) is 13.0 Å². The van der Waals surface area contributed by atoms with Crippen LogP contribution in [-0.4, -0.2) is 31.2 Å². The summed E-state index contributed by atoms with van der Waals surface area (Å²) in [5.41, 5.74) is 2.01. The van der Waals surface area contributed by atoms with Crippen LogP contribution in [0.2, 0.25) is 0 Å². The van der Waals surface area contributed by atoms with Gasteiger partial charge in [-0.1, -0.05) is 18.2 Å². The van der Waals surface area contributed by atoms with Gasteiger partial charge in [0.15, 0.2) is 0 Å².